The number of carbonyl (C=O) groups excluding carboxylic acids is 2. The van der Waals surface area contributed by atoms with Crippen LogP contribution >= 0.6 is 0 Å². The second-order valence-electron chi connectivity index (χ2n) is 8.54. The molecule has 0 saturated carbocycles. The molecule has 30 heavy (non-hydrogen) atoms. The lowest BCUT2D eigenvalue weighted by atomic mass is 9.48. The Bertz CT molecular complexity index is 1180. The van der Waals surface area contributed by atoms with Crippen LogP contribution < -0.4 is 9.64 Å². The average molecular weight is 395 g/mol. The maximum atomic E-state index is 13.9. The van der Waals surface area contributed by atoms with Crippen LogP contribution in [0.15, 0.2) is 72.8 Å². The fourth-order valence-electron chi connectivity index (χ4n) is 6.20. The van der Waals surface area contributed by atoms with E-state index in [9.17, 15) is 9.59 Å². The monoisotopic (exact) mass is 395 g/mol. The predicted octanol–water partition coefficient (Wildman–Crippen LogP) is 4.27. The van der Waals surface area contributed by atoms with E-state index in [1.54, 1.807) is 19.2 Å². The molecule has 1 aliphatic heterocycles. The van der Waals surface area contributed by atoms with Gasteiger partial charge in [0.1, 0.15) is 5.75 Å². The summed E-state index contributed by atoms with van der Waals surface area (Å²) in [6.07, 6.45) is 0. The predicted molar refractivity (Wildman–Crippen MR) is 114 cm³/mol. The minimum absolute atomic E-state index is 0.111. The van der Waals surface area contributed by atoms with Gasteiger partial charge in [0.05, 0.1) is 24.6 Å². The van der Waals surface area contributed by atoms with Gasteiger partial charge in [-0.3, -0.25) is 9.59 Å². The number of methoxy groups -OCH3 is 1. The van der Waals surface area contributed by atoms with Crippen LogP contribution in [0.5, 0.6) is 5.75 Å². The van der Waals surface area contributed by atoms with Crippen LogP contribution in [0.3, 0.4) is 0 Å². The Kier molecular flexibility index (Phi) is 3.39. The van der Waals surface area contributed by atoms with Crippen molar-refractivity contribution in [1.29, 1.82) is 0 Å². The maximum Gasteiger partial charge on any atom is 0.239 e. The summed E-state index contributed by atoms with van der Waals surface area (Å²) in [6.45, 7) is 2.13. The van der Waals surface area contributed by atoms with Gasteiger partial charge >= 0.3 is 0 Å². The van der Waals surface area contributed by atoms with Crippen LogP contribution in [-0.2, 0) is 15.0 Å². The molecule has 7 rings (SSSR count). The number of anilines is 1. The number of amides is 2. The first kappa shape index (κ1) is 17.5. The highest BCUT2D eigenvalue weighted by Crippen LogP contribution is 2.64. The second kappa shape index (κ2) is 5.82. The van der Waals surface area contributed by atoms with E-state index in [0.29, 0.717) is 11.4 Å². The van der Waals surface area contributed by atoms with Crippen molar-refractivity contribution < 1.29 is 14.3 Å². The molecule has 3 aliphatic carbocycles. The van der Waals surface area contributed by atoms with Gasteiger partial charge in [-0.25, -0.2) is 4.90 Å². The highest BCUT2D eigenvalue weighted by atomic mass is 16.5. The number of benzene rings is 3. The van der Waals surface area contributed by atoms with E-state index < -0.39 is 17.3 Å². The number of hydrogen-bond acceptors (Lipinski definition) is 3. The number of nitrogens with zero attached hydrogens (tertiary/aromatic N) is 1. The fourth-order valence-corrected chi connectivity index (χ4v) is 6.20. The minimum atomic E-state index is -0.546. The molecule has 0 aromatic heterocycles. The zero-order chi connectivity index (χ0) is 20.6. The van der Waals surface area contributed by atoms with E-state index in [4.69, 9.17) is 4.74 Å². The Morgan fingerprint density at radius 3 is 2.00 bits per heavy atom. The highest BCUT2D eigenvalue weighted by Gasteiger charge is 2.66. The van der Waals surface area contributed by atoms with Crippen LogP contribution in [0.4, 0.5) is 5.69 Å². The third-order valence-corrected chi connectivity index (χ3v) is 7.37. The Hall–Kier alpha value is -3.40. The SMILES string of the molecule is COc1ccccc1N1C(=O)C2C3c4ccccc4C(C)(c4ccccc43)C2C1=O. The summed E-state index contributed by atoms with van der Waals surface area (Å²) in [4.78, 5) is 29.1. The van der Waals surface area contributed by atoms with Gasteiger partial charge in [-0.15, -0.1) is 0 Å². The molecule has 4 nitrogen and oxygen atoms in total. The van der Waals surface area contributed by atoms with E-state index in [0.717, 1.165) is 11.1 Å². The molecule has 3 aromatic rings. The van der Waals surface area contributed by atoms with E-state index >= 15 is 0 Å². The quantitative estimate of drug-likeness (QED) is 0.609. The Labute approximate surface area is 175 Å². The van der Waals surface area contributed by atoms with Crippen molar-refractivity contribution in [2.75, 3.05) is 12.0 Å². The summed E-state index contributed by atoms with van der Waals surface area (Å²) in [5.74, 6) is -0.673. The number of para-hydroxylation sites is 2. The normalized spacial score (nSPS) is 28.2. The van der Waals surface area contributed by atoms with Crippen LogP contribution in [-0.4, -0.2) is 18.9 Å². The number of ether oxygens (including phenoxy) is 1. The van der Waals surface area contributed by atoms with Crippen LogP contribution in [0.1, 0.15) is 35.1 Å². The molecule has 0 spiro atoms. The molecule has 3 aromatic carbocycles. The molecule has 2 amide bonds. The van der Waals surface area contributed by atoms with Gasteiger partial charge in [0, 0.05) is 11.3 Å². The molecule has 1 saturated heterocycles. The molecule has 1 fully saturated rings. The Balaban J connectivity index is 1.62. The number of carbonyl (C=O) groups is 2. The van der Waals surface area contributed by atoms with Gasteiger partial charge in [-0.05, 0) is 34.4 Å². The van der Waals surface area contributed by atoms with E-state index in [-0.39, 0.29) is 17.7 Å². The van der Waals surface area contributed by atoms with Crippen molar-refractivity contribution in [2.24, 2.45) is 11.8 Å². The van der Waals surface area contributed by atoms with Gasteiger partial charge in [-0.2, -0.15) is 0 Å². The van der Waals surface area contributed by atoms with Crippen molar-refractivity contribution in [3.8, 4) is 5.75 Å². The average Bonchev–Trinajstić information content (AvgIpc) is 3.05. The molecule has 1 heterocycles. The molecule has 4 heteroatoms. The number of rotatable bonds is 2. The van der Waals surface area contributed by atoms with Crippen molar-refractivity contribution in [2.45, 2.75) is 18.3 Å². The second-order valence-corrected chi connectivity index (χ2v) is 8.54. The standard InChI is InChI=1S/C26H21NO3/c1-26-17-11-5-3-9-15(17)21(16-10-4-6-12-18(16)26)22-23(26)25(29)27(24(22)28)19-13-7-8-14-20(19)30-2/h3-14,21-23H,1-2H3. The highest BCUT2D eigenvalue weighted by molar-refractivity contribution is 6.24. The fraction of sp³-hybridized carbons (Fsp3) is 0.231. The molecule has 2 bridgehead atoms. The first-order valence-corrected chi connectivity index (χ1v) is 10.3. The Morgan fingerprint density at radius 1 is 0.800 bits per heavy atom. The molecule has 0 N–H and O–H groups in total. The van der Waals surface area contributed by atoms with E-state index in [1.807, 2.05) is 36.4 Å². The third-order valence-electron chi connectivity index (χ3n) is 7.37. The smallest absolute Gasteiger partial charge is 0.239 e. The zero-order valence-electron chi connectivity index (χ0n) is 16.8. The van der Waals surface area contributed by atoms with Crippen LogP contribution in [0.2, 0.25) is 0 Å². The molecular weight excluding hydrogens is 374 g/mol. The van der Waals surface area contributed by atoms with Crippen molar-refractivity contribution >= 4 is 17.5 Å². The summed E-state index contributed by atoms with van der Waals surface area (Å²) in [5, 5.41) is 0. The van der Waals surface area contributed by atoms with Crippen LogP contribution in [0.25, 0.3) is 0 Å². The largest absolute Gasteiger partial charge is 0.495 e. The lowest BCUT2D eigenvalue weighted by molar-refractivity contribution is -0.123. The first-order chi connectivity index (χ1) is 14.6. The maximum absolute atomic E-state index is 13.9. The van der Waals surface area contributed by atoms with Crippen molar-refractivity contribution in [3.63, 3.8) is 0 Å². The summed E-state index contributed by atoms with van der Waals surface area (Å²) in [7, 11) is 1.56. The molecule has 4 aliphatic rings. The van der Waals surface area contributed by atoms with E-state index in [1.165, 1.54) is 16.0 Å². The Morgan fingerprint density at radius 2 is 1.37 bits per heavy atom. The summed E-state index contributed by atoms with van der Waals surface area (Å²) >= 11 is 0. The number of imide groups is 1. The molecule has 2 unspecified atom stereocenters. The summed E-state index contributed by atoms with van der Waals surface area (Å²) in [6, 6.07) is 23.9. The lowest BCUT2D eigenvalue weighted by Crippen LogP contribution is -2.51. The van der Waals surface area contributed by atoms with E-state index in [2.05, 4.69) is 31.2 Å². The van der Waals surface area contributed by atoms with Gasteiger partial charge in [0.15, 0.2) is 0 Å². The van der Waals surface area contributed by atoms with Crippen molar-refractivity contribution in [3.05, 3.63) is 95.1 Å². The molecule has 148 valence electrons. The van der Waals surface area contributed by atoms with Gasteiger partial charge in [0.2, 0.25) is 11.8 Å². The first-order valence-electron chi connectivity index (χ1n) is 10.3. The number of hydrogen-bond donors (Lipinski definition) is 0. The lowest BCUT2D eigenvalue weighted by Gasteiger charge is -2.52. The van der Waals surface area contributed by atoms with Gasteiger partial charge in [0.25, 0.3) is 0 Å². The van der Waals surface area contributed by atoms with Crippen molar-refractivity contribution in [1.82, 2.24) is 0 Å². The molecule has 0 radical (unpaired) electrons. The topological polar surface area (TPSA) is 46.6 Å². The summed E-state index contributed by atoms with van der Waals surface area (Å²) < 4.78 is 5.48. The molecular formula is C26H21NO3. The van der Waals surface area contributed by atoms with Crippen LogP contribution in [0, 0.1) is 11.8 Å². The van der Waals surface area contributed by atoms with Gasteiger partial charge in [-0.1, -0.05) is 67.6 Å². The molecule has 2 atom stereocenters. The summed E-state index contributed by atoms with van der Waals surface area (Å²) in [5.41, 5.74) is 4.65. The zero-order valence-corrected chi connectivity index (χ0v) is 16.8. The van der Waals surface area contributed by atoms with Gasteiger partial charge < -0.3 is 4.74 Å². The third kappa shape index (κ3) is 1.87. The minimum Gasteiger partial charge on any atom is -0.495 e.